The fourth-order valence-corrected chi connectivity index (χ4v) is 2.30. The van der Waals surface area contributed by atoms with E-state index in [0.29, 0.717) is 6.54 Å². The first-order chi connectivity index (χ1) is 8.58. The van der Waals surface area contributed by atoms with Crippen LogP contribution < -0.4 is 16.4 Å². The van der Waals surface area contributed by atoms with Crippen LogP contribution in [0.4, 0.5) is 5.69 Å². The Hall–Kier alpha value is -1.62. The minimum Gasteiger partial charge on any atom is -0.369 e. The summed E-state index contributed by atoms with van der Waals surface area (Å²) in [5.74, 6) is -0.258. The first kappa shape index (κ1) is 12.8. The van der Waals surface area contributed by atoms with Crippen molar-refractivity contribution in [3.8, 4) is 0 Å². The molecule has 1 fully saturated rings. The van der Waals surface area contributed by atoms with Crippen molar-refractivity contribution < 1.29 is 4.79 Å². The molecule has 98 valence electrons. The molecule has 0 aromatic carbocycles. The van der Waals surface area contributed by atoms with E-state index in [1.165, 1.54) is 0 Å². The number of carbonyl (C=O) groups excluding carboxylic acids is 1. The second kappa shape index (κ2) is 5.35. The number of nitrogens with zero attached hydrogens (tertiary/aromatic N) is 2. The third-order valence-corrected chi connectivity index (χ3v) is 3.43. The van der Waals surface area contributed by atoms with Crippen LogP contribution in [-0.2, 0) is 4.79 Å². The zero-order valence-corrected chi connectivity index (χ0v) is 10.7. The fraction of sp³-hybridized carbons (Fsp3) is 0.538. The molecule has 0 radical (unpaired) electrons. The number of rotatable bonds is 3. The first-order valence-electron chi connectivity index (χ1n) is 6.33. The Morgan fingerprint density at radius 3 is 2.89 bits per heavy atom. The fourth-order valence-electron chi connectivity index (χ4n) is 2.30. The quantitative estimate of drug-likeness (QED) is 0.828. The number of carbonyl (C=O) groups is 1. The molecule has 1 unspecified atom stereocenters. The minimum atomic E-state index is -0.208. The second-order valence-corrected chi connectivity index (χ2v) is 4.92. The van der Waals surface area contributed by atoms with Gasteiger partial charge in [0.15, 0.2) is 0 Å². The average molecular weight is 248 g/mol. The van der Waals surface area contributed by atoms with Gasteiger partial charge in [-0.1, -0.05) is 0 Å². The zero-order valence-electron chi connectivity index (χ0n) is 10.7. The van der Waals surface area contributed by atoms with E-state index >= 15 is 0 Å². The number of pyridine rings is 1. The molecule has 5 heteroatoms. The van der Waals surface area contributed by atoms with Crippen LogP contribution in [0.25, 0.3) is 0 Å². The summed E-state index contributed by atoms with van der Waals surface area (Å²) < 4.78 is 0. The largest absolute Gasteiger partial charge is 0.369 e. The highest BCUT2D eigenvalue weighted by molar-refractivity contribution is 5.77. The molecule has 2 atom stereocenters. The summed E-state index contributed by atoms with van der Waals surface area (Å²) in [6.45, 7) is 3.55. The Balaban J connectivity index is 2.09. The van der Waals surface area contributed by atoms with Gasteiger partial charge in [-0.05, 0) is 31.9 Å². The van der Waals surface area contributed by atoms with Gasteiger partial charge in [-0.25, -0.2) is 0 Å². The summed E-state index contributed by atoms with van der Waals surface area (Å²) in [4.78, 5) is 17.7. The Morgan fingerprint density at radius 1 is 1.56 bits per heavy atom. The lowest BCUT2D eigenvalue weighted by atomic mass is 9.97. The molecule has 2 rings (SSSR count). The van der Waals surface area contributed by atoms with Crippen LogP contribution in [0.15, 0.2) is 18.3 Å². The van der Waals surface area contributed by atoms with Crippen LogP contribution >= 0.6 is 0 Å². The van der Waals surface area contributed by atoms with Crippen LogP contribution in [0.3, 0.4) is 0 Å². The number of primary amides is 1. The molecule has 0 saturated carbocycles. The van der Waals surface area contributed by atoms with Gasteiger partial charge in [-0.15, -0.1) is 0 Å². The molecule has 4 N–H and O–H groups in total. The minimum absolute atomic E-state index is 0.0492. The van der Waals surface area contributed by atoms with Gasteiger partial charge in [0.05, 0.1) is 23.5 Å². The van der Waals surface area contributed by atoms with Crippen molar-refractivity contribution in [2.45, 2.75) is 25.8 Å². The highest BCUT2D eigenvalue weighted by Crippen LogP contribution is 2.23. The van der Waals surface area contributed by atoms with Crippen molar-refractivity contribution in [3.05, 3.63) is 24.0 Å². The summed E-state index contributed by atoms with van der Waals surface area (Å²) in [5.41, 5.74) is 13.1. The monoisotopic (exact) mass is 248 g/mol. The second-order valence-electron chi connectivity index (χ2n) is 4.92. The first-order valence-corrected chi connectivity index (χ1v) is 6.33. The summed E-state index contributed by atoms with van der Waals surface area (Å²) in [6.07, 6.45) is 3.70. The van der Waals surface area contributed by atoms with Crippen molar-refractivity contribution in [3.63, 3.8) is 0 Å². The maximum absolute atomic E-state index is 11.2. The molecule has 5 nitrogen and oxygen atoms in total. The molecule has 0 bridgehead atoms. The van der Waals surface area contributed by atoms with Gasteiger partial charge in [-0.3, -0.25) is 9.78 Å². The molecule has 0 spiro atoms. The van der Waals surface area contributed by atoms with Crippen LogP contribution in [0.2, 0.25) is 0 Å². The Bertz CT molecular complexity index is 416. The van der Waals surface area contributed by atoms with Gasteiger partial charge in [0.1, 0.15) is 0 Å². The molecule has 1 amide bonds. The topological polar surface area (TPSA) is 85.2 Å². The Labute approximate surface area is 107 Å². The number of nitrogens with two attached hydrogens (primary N) is 2. The van der Waals surface area contributed by atoms with Crippen LogP contribution in [-0.4, -0.2) is 24.0 Å². The smallest absolute Gasteiger partial charge is 0.222 e. The molecule has 0 aliphatic carbocycles. The van der Waals surface area contributed by atoms with Gasteiger partial charge in [0.25, 0.3) is 0 Å². The van der Waals surface area contributed by atoms with Gasteiger partial charge >= 0.3 is 0 Å². The Morgan fingerprint density at radius 2 is 2.33 bits per heavy atom. The van der Waals surface area contributed by atoms with E-state index in [2.05, 4.69) is 9.88 Å². The lowest BCUT2D eigenvalue weighted by molar-refractivity contribution is -0.122. The molecule has 1 aliphatic rings. The van der Waals surface area contributed by atoms with Crippen LogP contribution in [0.1, 0.15) is 31.5 Å². The third kappa shape index (κ3) is 2.79. The van der Waals surface area contributed by atoms with Crippen molar-refractivity contribution in [2.24, 2.45) is 17.4 Å². The standard InChI is InChI=1S/C13H20N4O/c1-9(14)12-5-4-11(7-16-12)17-6-2-3-10(8-17)13(15)18/h4-5,7,9-10H,2-3,6,8,14H2,1H3,(H2,15,18)/t9-,10?/m0/s1. The summed E-state index contributed by atoms with van der Waals surface area (Å²) >= 11 is 0. The average Bonchev–Trinajstić information content (AvgIpc) is 2.39. The van der Waals surface area contributed by atoms with E-state index in [1.807, 2.05) is 25.3 Å². The predicted octanol–water partition coefficient (Wildman–Crippen LogP) is 0.803. The van der Waals surface area contributed by atoms with Crippen LogP contribution in [0.5, 0.6) is 0 Å². The maximum atomic E-state index is 11.2. The molecule has 2 heterocycles. The number of hydrogen-bond acceptors (Lipinski definition) is 4. The van der Waals surface area contributed by atoms with Gasteiger partial charge in [0, 0.05) is 19.1 Å². The zero-order chi connectivity index (χ0) is 13.1. The van der Waals surface area contributed by atoms with E-state index in [0.717, 1.165) is 30.8 Å². The Kier molecular flexibility index (Phi) is 3.81. The maximum Gasteiger partial charge on any atom is 0.222 e. The van der Waals surface area contributed by atoms with Crippen molar-refractivity contribution in [1.29, 1.82) is 0 Å². The predicted molar refractivity (Wildman–Crippen MR) is 71.0 cm³/mol. The lowest BCUT2D eigenvalue weighted by Gasteiger charge is -2.32. The third-order valence-electron chi connectivity index (χ3n) is 3.43. The van der Waals surface area contributed by atoms with Gasteiger partial charge in [0.2, 0.25) is 5.91 Å². The highest BCUT2D eigenvalue weighted by atomic mass is 16.1. The molecular weight excluding hydrogens is 228 g/mol. The van der Waals surface area contributed by atoms with Crippen molar-refractivity contribution in [1.82, 2.24) is 4.98 Å². The number of anilines is 1. The number of hydrogen-bond donors (Lipinski definition) is 2. The summed E-state index contributed by atoms with van der Waals surface area (Å²) in [6, 6.07) is 3.89. The molecular formula is C13H20N4O. The number of amides is 1. The van der Waals surface area contributed by atoms with Gasteiger partial charge in [-0.2, -0.15) is 0 Å². The van der Waals surface area contributed by atoms with Crippen molar-refractivity contribution >= 4 is 11.6 Å². The molecule has 18 heavy (non-hydrogen) atoms. The summed E-state index contributed by atoms with van der Waals surface area (Å²) in [5, 5.41) is 0. The normalized spacial score (nSPS) is 21.7. The van der Waals surface area contributed by atoms with Gasteiger partial charge < -0.3 is 16.4 Å². The molecule has 1 saturated heterocycles. The number of piperidine rings is 1. The molecule has 1 aromatic heterocycles. The van der Waals surface area contributed by atoms with E-state index < -0.39 is 0 Å². The molecule has 1 aromatic rings. The highest BCUT2D eigenvalue weighted by Gasteiger charge is 2.24. The summed E-state index contributed by atoms with van der Waals surface area (Å²) in [7, 11) is 0. The van der Waals surface area contributed by atoms with E-state index in [4.69, 9.17) is 11.5 Å². The lowest BCUT2D eigenvalue weighted by Crippen LogP contribution is -2.41. The SMILES string of the molecule is C[C@H](N)c1ccc(N2CCCC(C(N)=O)C2)cn1. The molecule has 1 aliphatic heterocycles. The van der Waals surface area contributed by atoms with Crippen molar-refractivity contribution in [2.75, 3.05) is 18.0 Å². The van der Waals surface area contributed by atoms with Crippen LogP contribution in [0, 0.1) is 5.92 Å². The van der Waals surface area contributed by atoms with E-state index in [1.54, 1.807) is 0 Å². The number of aromatic nitrogens is 1. The van der Waals surface area contributed by atoms with E-state index in [9.17, 15) is 4.79 Å². The van der Waals surface area contributed by atoms with E-state index in [-0.39, 0.29) is 17.9 Å².